The highest BCUT2D eigenvalue weighted by Gasteiger charge is 2.58. The van der Waals surface area contributed by atoms with Crippen LogP contribution in [0.2, 0.25) is 0 Å². The summed E-state index contributed by atoms with van der Waals surface area (Å²) in [5.41, 5.74) is 1.31. The smallest absolute Gasteiger partial charge is 0.115 e. The van der Waals surface area contributed by atoms with Crippen molar-refractivity contribution in [1.82, 2.24) is 4.90 Å². The van der Waals surface area contributed by atoms with Gasteiger partial charge in [-0.1, -0.05) is 42.5 Å². The van der Waals surface area contributed by atoms with E-state index in [2.05, 4.69) is 61.4 Å². The van der Waals surface area contributed by atoms with Gasteiger partial charge >= 0.3 is 0 Å². The van der Waals surface area contributed by atoms with E-state index in [-0.39, 0.29) is 6.10 Å². The normalized spacial score (nSPS) is 44.5. The zero-order valence-corrected chi connectivity index (χ0v) is 11.6. The maximum absolute atomic E-state index is 6.42. The Kier molecular flexibility index (Phi) is 2.58. The third-order valence-corrected chi connectivity index (χ3v) is 5.28. The van der Waals surface area contributed by atoms with Gasteiger partial charge in [-0.2, -0.15) is 0 Å². The summed E-state index contributed by atoms with van der Waals surface area (Å²) in [5.74, 6) is 2.37. The van der Waals surface area contributed by atoms with Crippen LogP contribution >= 0.6 is 0 Å². The van der Waals surface area contributed by atoms with Gasteiger partial charge in [-0.25, -0.2) is 0 Å². The molecule has 1 aromatic carbocycles. The van der Waals surface area contributed by atoms with Crippen molar-refractivity contribution in [3.63, 3.8) is 0 Å². The fourth-order valence-corrected chi connectivity index (χ4v) is 3.98. The van der Waals surface area contributed by atoms with Gasteiger partial charge < -0.3 is 4.74 Å². The standard InChI is InChI=1S/C17H21NO/c1-11-16(12-7-4-3-5-8-12)19-17(18(11)2)15-13-9-6-10-14(13)15/h3-9,11,13-17H,10H2,1-2H3. The zero-order chi connectivity index (χ0) is 13.0. The van der Waals surface area contributed by atoms with Crippen LogP contribution in [-0.4, -0.2) is 24.2 Å². The topological polar surface area (TPSA) is 12.5 Å². The number of likely N-dealkylation sites (N-methyl/N-ethyl adjacent to an activating group) is 1. The van der Waals surface area contributed by atoms with Crippen LogP contribution in [0, 0.1) is 17.8 Å². The molecule has 0 amide bonds. The first-order chi connectivity index (χ1) is 9.27. The molecule has 1 heterocycles. The van der Waals surface area contributed by atoms with E-state index in [1.165, 1.54) is 12.0 Å². The summed E-state index contributed by atoms with van der Waals surface area (Å²) in [7, 11) is 2.22. The number of rotatable bonds is 2. The van der Waals surface area contributed by atoms with Gasteiger partial charge in [0, 0.05) is 12.0 Å². The molecule has 0 N–H and O–H groups in total. The molecule has 0 bridgehead atoms. The summed E-state index contributed by atoms with van der Waals surface area (Å²) in [6, 6.07) is 11.1. The van der Waals surface area contributed by atoms with Crippen LogP contribution in [0.15, 0.2) is 42.5 Å². The number of hydrogen-bond donors (Lipinski definition) is 0. The van der Waals surface area contributed by atoms with Gasteiger partial charge in [0.2, 0.25) is 0 Å². The van der Waals surface area contributed by atoms with Gasteiger partial charge in [-0.3, -0.25) is 4.90 Å². The molecule has 1 saturated heterocycles. The van der Waals surface area contributed by atoms with E-state index in [9.17, 15) is 0 Å². The van der Waals surface area contributed by atoms with Crippen molar-refractivity contribution in [3.8, 4) is 0 Å². The molecular formula is C17H21NO. The van der Waals surface area contributed by atoms with E-state index in [4.69, 9.17) is 4.74 Å². The zero-order valence-electron chi connectivity index (χ0n) is 11.6. The van der Waals surface area contributed by atoms with Crippen molar-refractivity contribution < 1.29 is 4.74 Å². The molecule has 0 spiro atoms. The Morgan fingerprint density at radius 3 is 2.68 bits per heavy atom. The highest BCUT2D eigenvalue weighted by Crippen LogP contribution is 2.58. The van der Waals surface area contributed by atoms with Crippen LogP contribution < -0.4 is 0 Å². The molecule has 2 nitrogen and oxygen atoms in total. The third-order valence-electron chi connectivity index (χ3n) is 5.28. The molecule has 100 valence electrons. The molecule has 2 aliphatic carbocycles. The summed E-state index contributed by atoms with van der Waals surface area (Å²) in [5, 5.41) is 0. The lowest BCUT2D eigenvalue weighted by Crippen LogP contribution is -2.34. The second-order valence-corrected chi connectivity index (χ2v) is 6.25. The molecule has 0 radical (unpaired) electrons. The molecule has 2 heteroatoms. The summed E-state index contributed by atoms with van der Waals surface area (Å²) in [6.07, 6.45) is 6.51. The van der Waals surface area contributed by atoms with Crippen LogP contribution in [0.1, 0.15) is 25.0 Å². The van der Waals surface area contributed by atoms with E-state index in [1.807, 2.05) is 0 Å². The van der Waals surface area contributed by atoms with Gasteiger partial charge in [0.05, 0.1) is 6.10 Å². The Hall–Kier alpha value is -1.12. The lowest BCUT2D eigenvalue weighted by molar-refractivity contribution is -0.0134. The maximum atomic E-state index is 6.42. The second-order valence-electron chi connectivity index (χ2n) is 6.25. The third kappa shape index (κ3) is 1.70. The van der Waals surface area contributed by atoms with Crippen LogP contribution in [0.4, 0.5) is 0 Å². The molecule has 1 aromatic rings. The first-order valence-corrected chi connectivity index (χ1v) is 7.36. The van der Waals surface area contributed by atoms with E-state index in [1.54, 1.807) is 0 Å². The summed E-state index contributed by atoms with van der Waals surface area (Å²) in [4.78, 5) is 2.44. The molecule has 0 aromatic heterocycles. The Labute approximate surface area is 115 Å². The minimum absolute atomic E-state index is 0.224. The van der Waals surface area contributed by atoms with Gasteiger partial charge in [0.1, 0.15) is 6.23 Å². The SMILES string of the molecule is CC1C(c2ccccc2)OC(C2C3C=CCC32)N1C. The Balaban J connectivity index is 1.55. The van der Waals surface area contributed by atoms with E-state index in [0.717, 1.165) is 17.8 Å². The minimum atomic E-state index is 0.224. The lowest BCUT2D eigenvalue weighted by atomic mass is 10.0. The van der Waals surface area contributed by atoms with Gasteiger partial charge in [-0.15, -0.1) is 0 Å². The van der Waals surface area contributed by atoms with Crippen molar-refractivity contribution in [2.24, 2.45) is 17.8 Å². The number of nitrogens with zero attached hydrogens (tertiary/aromatic N) is 1. The molecule has 4 rings (SSSR count). The number of ether oxygens (including phenoxy) is 1. The number of benzene rings is 1. The lowest BCUT2D eigenvalue weighted by Gasteiger charge is -2.22. The number of hydrogen-bond acceptors (Lipinski definition) is 2. The van der Waals surface area contributed by atoms with E-state index >= 15 is 0 Å². The Morgan fingerprint density at radius 2 is 2.00 bits per heavy atom. The van der Waals surface area contributed by atoms with Crippen molar-refractivity contribution in [2.45, 2.75) is 31.7 Å². The molecule has 1 saturated carbocycles. The Morgan fingerprint density at radius 1 is 1.21 bits per heavy atom. The van der Waals surface area contributed by atoms with Crippen molar-refractivity contribution in [1.29, 1.82) is 0 Å². The molecule has 6 atom stereocenters. The molecule has 1 aliphatic heterocycles. The minimum Gasteiger partial charge on any atom is -0.353 e. The predicted molar refractivity (Wildman–Crippen MR) is 75.5 cm³/mol. The maximum Gasteiger partial charge on any atom is 0.115 e. The quantitative estimate of drug-likeness (QED) is 0.752. The predicted octanol–water partition coefficient (Wildman–Crippen LogP) is 3.23. The van der Waals surface area contributed by atoms with Crippen LogP contribution in [0.3, 0.4) is 0 Å². The Bertz CT molecular complexity index is 497. The van der Waals surface area contributed by atoms with Crippen molar-refractivity contribution in [3.05, 3.63) is 48.0 Å². The molecular weight excluding hydrogens is 234 g/mol. The summed E-state index contributed by atoms with van der Waals surface area (Å²) >= 11 is 0. The monoisotopic (exact) mass is 255 g/mol. The first kappa shape index (κ1) is 11.7. The van der Waals surface area contributed by atoms with Crippen LogP contribution in [0.5, 0.6) is 0 Å². The molecule has 2 fully saturated rings. The average molecular weight is 255 g/mol. The highest BCUT2D eigenvalue weighted by atomic mass is 16.5. The van der Waals surface area contributed by atoms with Crippen molar-refractivity contribution in [2.75, 3.05) is 7.05 Å². The average Bonchev–Trinajstić information content (AvgIpc) is 2.80. The largest absolute Gasteiger partial charge is 0.353 e. The molecule has 6 unspecified atom stereocenters. The highest BCUT2D eigenvalue weighted by molar-refractivity contribution is 5.23. The summed E-state index contributed by atoms with van der Waals surface area (Å²) in [6.45, 7) is 2.28. The number of fused-ring (bicyclic) bond motifs is 1. The number of allylic oxidation sites excluding steroid dienone is 2. The van der Waals surface area contributed by atoms with Crippen LogP contribution in [-0.2, 0) is 4.74 Å². The fourth-order valence-electron chi connectivity index (χ4n) is 3.98. The van der Waals surface area contributed by atoms with E-state index < -0.39 is 0 Å². The van der Waals surface area contributed by atoms with Gasteiger partial charge in [0.25, 0.3) is 0 Å². The first-order valence-electron chi connectivity index (χ1n) is 7.36. The van der Waals surface area contributed by atoms with Gasteiger partial charge in [-0.05, 0) is 37.8 Å². The molecule has 19 heavy (non-hydrogen) atoms. The second kappa shape index (κ2) is 4.19. The van der Waals surface area contributed by atoms with Crippen molar-refractivity contribution >= 4 is 0 Å². The van der Waals surface area contributed by atoms with E-state index in [0.29, 0.717) is 12.3 Å². The van der Waals surface area contributed by atoms with Crippen LogP contribution in [0.25, 0.3) is 0 Å². The molecule has 3 aliphatic rings. The fraction of sp³-hybridized carbons (Fsp3) is 0.529. The van der Waals surface area contributed by atoms with Gasteiger partial charge in [0.15, 0.2) is 0 Å². The summed E-state index contributed by atoms with van der Waals surface area (Å²) < 4.78 is 6.42.